The molecule has 0 saturated heterocycles. The van der Waals surface area contributed by atoms with E-state index in [1.807, 2.05) is 0 Å². The average molecular weight is 299 g/mol. The van der Waals surface area contributed by atoms with Crippen molar-refractivity contribution in [2.24, 2.45) is 0 Å². The minimum absolute atomic E-state index is 0.0700. The summed E-state index contributed by atoms with van der Waals surface area (Å²) in [5.41, 5.74) is 1.84. The van der Waals surface area contributed by atoms with Gasteiger partial charge >= 0.3 is 0 Å². The van der Waals surface area contributed by atoms with E-state index in [0.29, 0.717) is 16.7 Å². The maximum Gasteiger partial charge on any atom is 0.194 e. The molecule has 1 aromatic carbocycles. The molecule has 0 fully saturated rings. The number of carbonyl (C=O) groups is 1. The minimum atomic E-state index is -0.319. The Hall–Kier alpha value is -1.00. The molecule has 0 amide bonds. The highest BCUT2D eigenvalue weighted by Gasteiger charge is 2.13. The summed E-state index contributed by atoms with van der Waals surface area (Å²) < 4.78 is 13.8. The lowest BCUT2D eigenvalue weighted by molar-refractivity contribution is 0.103. The normalized spacial score (nSPS) is 10.4. The molecule has 1 heterocycles. The van der Waals surface area contributed by atoms with Crippen molar-refractivity contribution in [3.63, 3.8) is 0 Å². The van der Waals surface area contributed by atoms with Gasteiger partial charge in [-0.15, -0.1) is 11.3 Å². The molecule has 4 heteroatoms. The smallest absolute Gasteiger partial charge is 0.194 e. The van der Waals surface area contributed by atoms with E-state index in [1.165, 1.54) is 29.5 Å². The molecule has 82 valence electrons. The van der Waals surface area contributed by atoms with E-state index in [2.05, 4.69) is 15.9 Å². The van der Waals surface area contributed by atoms with Crippen LogP contribution in [0, 0.1) is 12.7 Å². The molecule has 0 radical (unpaired) electrons. The maximum absolute atomic E-state index is 12.9. The van der Waals surface area contributed by atoms with Gasteiger partial charge in [-0.2, -0.15) is 0 Å². The molecule has 0 aliphatic rings. The van der Waals surface area contributed by atoms with Crippen molar-refractivity contribution in [1.82, 2.24) is 0 Å². The van der Waals surface area contributed by atoms with Gasteiger partial charge in [-0.25, -0.2) is 4.39 Å². The van der Waals surface area contributed by atoms with Crippen LogP contribution < -0.4 is 0 Å². The first-order valence-electron chi connectivity index (χ1n) is 4.63. The monoisotopic (exact) mass is 298 g/mol. The van der Waals surface area contributed by atoms with Crippen LogP contribution in [0.1, 0.15) is 21.5 Å². The molecular weight excluding hydrogens is 291 g/mol. The fraction of sp³-hybridized carbons (Fsp3) is 0.0833. The van der Waals surface area contributed by atoms with E-state index >= 15 is 0 Å². The largest absolute Gasteiger partial charge is 0.289 e. The zero-order chi connectivity index (χ0) is 11.7. The number of hydrogen-bond acceptors (Lipinski definition) is 2. The molecule has 0 bridgehead atoms. The highest BCUT2D eigenvalue weighted by atomic mass is 79.9. The predicted octanol–water partition coefficient (Wildman–Crippen LogP) is 4.19. The van der Waals surface area contributed by atoms with Gasteiger partial charge in [0.05, 0.1) is 3.79 Å². The van der Waals surface area contributed by atoms with Crippen LogP contribution in [-0.2, 0) is 0 Å². The Morgan fingerprint density at radius 1 is 1.38 bits per heavy atom. The molecule has 0 aliphatic heterocycles. The molecule has 0 N–H and O–H groups in total. The van der Waals surface area contributed by atoms with Crippen LogP contribution >= 0.6 is 27.3 Å². The fourth-order valence-corrected chi connectivity index (χ4v) is 2.60. The van der Waals surface area contributed by atoms with Crippen molar-refractivity contribution in [3.05, 3.63) is 55.9 Å². The predicted molar refractivity (Wildman–Crippen MR) is 66.6 cm³/mol. The van der Waals surface area contributed by atoms with Gasteiger partial charge in [-0.05, 0) is 52.7 Å². The SMILES string of the molecule is Cc1cc(F)ccc1C(=O)c1csc(Br)c1. The molecule has 1 nitrogen and oxygen atoms in total. The van der Waals surface area contributed by atoms with Crippen molar-refractivity contribution >= 4 is 33.0 Å². The van der Waals surface area contributed by atoms with Crippen LogP contribution in [-0.4, -0.2) is 5.78 Å². The van der Waals surface area contributed by atoms with Crippen LogP contribution in [0.5, 0.6) is 0 Å². The lowest BCUT2D eigenvalue weighted by Crippen LogP contribution is -2.02. The van der Waals surface area contributed by atoms with E-state index in [9.17, 15) is 9.18 Å². The summed E-state index contributed by atoms with van der Waals surface area (Å²) in [6.07, 6.45) is 0. The second kappa shape index (κ2) is 4.47. The maximum atomic E-state index is 12.9. The Morgan fingerprint density at radius 2 is 2.12 bits per heavy atom. The summed E-state index contributed by atoms with van der Waals surface area (Å²) >= 11 is 4.77. The Morgan fingerprint density at radius 3 is 2.69 bits per heavy atom. The van der Waals surface area contributed by atoms with Gasteiger partial charge in [0.25, 0.3) is 0 Å². The summed E-state index contributed by atoms with van der Waals surface area (Å²) in [7, 11) is 0. The number of rotatable bonds is 2. The molecule has 2 aromatic rings. The van der Waals surface area contributed by atoms with Crippen LogP contribution in [0.15, 0.2) is 33.4 Å². The first kappa shape index (κ1) is 11.5. The Labute approximate surface area is 105 Å². The standard InChI is InChI=1S/C12H8BrFOS/c1-7-4-9(14)2-3-10(7)12(15)8-5-11(13)16-6-8/h2-6H,1H3. The molecule has 16 heavy (non-hydrogen) atoms. The molecule has 1 aromatic heterocycles. The fourth-order valence-electron chi connectivity index (χ4n) is 1.47. The third kappa shape index (κ3) is 2.23. The second-order valence-electron chi connectivity index (χ2n) is 3.43. The number of hydrogen-bond donors (Lipinski definition) is 0. The lowest BCUT2D eigenvalue weighted by atomic mass is 10.0. The van der Waals surface area contributed by atoms with Gasteiger partial charge in [0.15, 0.2) is 5.78 Å². The first-order chi connectivity index (χ1) is 7.58. The van der Waals surface area contributed by atoms with Gasteiger partial charge in [0.1, 0.15) is 5.82 Å². The van der Waals surface area contributed by atoms with Crippen molar-refractivity contribution in [2.45, 2.75) is 6.92 Å². The molecule has 2 rings (SSSR count). The highest BCUT2D eigenvalue weighted by Crippen LogP contribution is 2.24. The zero-order valence-corrected chi connectivity index (χ0v) is 10.9. The number of ketones is 1. The third-order valence-electron chi connectivity index (χ3n) is 2.26. The van der Waals surface area contributed by atoms with Gasteiger partial charge in [-0.1, -0.05) is 0 Å². The summed E-state index contributed by atoms with van der Waals surface area (Å²) in [5.74, 6) is -0.389. The Balaban J connectivity index is 2.41. The van der Waals surface area contributed by atoms with E-state index in [0.717, 1.165) is 3.79 Å². The molecule has 0 saturated carbocycles. The third-order valence-corrected chi connectivity index (χ3v) is 3.77. The number of aryl methyl sites for hydroxylation is 1. The first-order valence-corrected chi connectivity index (χ1v) is 6.30. The number of benzene rings is 1. The average Bonchev–Trinajstić information content (AvgIpc) is 2.64. The van der Waals surface area contributed by atoms with Crippen LogP contribution in [0.4, 0.5) is 4.39 Å². The second-order valence-corrected chi connectivity index (χ2v) is 5.72. The molecular formula is C12H8BrFOS. The van der Waals surface area contributed by atoms with Crippen molar-refractivity contribution in [1.29, 1.82) is 0 Å². The van der Waals surface area contributed by atoms with Gasteiger partial charge in [0, 0.05) is 16.5 Å². The summed E-state index contributed by atoms with van der Waals surface area (Å²) in [4.78, 5) is 12.1. The van der Waals surface area contributed by atoms with Gasteiger partial charge in [-0.3, -0.25) is 4.79 Å². The zero-order valence-electron chi connectivity index (χ0n) is 8.46. The Bertz CT molecular complexity index is 548. The number of thiophene rings is 1. The van der Waals surface area contributed by atoms with Crippen LogP contribution in [0.25, 0.3) is 0 Å². The molecule has 0 atom stereocenters. The topological polar surface area (TPSA) is 17.1 Å². The number of carbonyl (C=O) groups excluding carboxylic acids is 1. The molecule has 0 unspecified atom stereocenters. The van der Waals surface area contributed by atoms with Crippen LogP contribution in [0.3, 0.4) is 0 Å². The van der Waals surface area contributed by atoms with Gasteiger partial charge in [0.2, 0.25) is 0 Å². The summed E-state index contributed by atoms with van der Waals surface area (Å²) in [6.45, 7) is 1.73. The molecule has 0 aliphatic carbocycles. The van der Waals surface area contributed by atoms with Crippen LogP contribution in [0.2, 0.25) is 0 Å². The summed E-state index contributed by atoms with van der Waals surface area (Å²) in [6, 6.07) is 5.98. The lowest BCUT2D eigenvalue weighted by Gasteiger charge is -2.03. The van der Waals surface area contributed by atoms with E-state index in [-0.39, 0.29) is 11.6 Å². The summed E-state index contributed by atoms with van der Waals surface area (Å²) in [5, 5.41) is 1.79. The van der Waals surface area contributed by atoms with E-state index < -0.39 is 0 Å². The molecule has 0 spiro atoms. The quantitative estimate of drug-likeness (QED) is 0.760. The highest BCUT2D eigenvalue weighted by molar-refractivity contribution is 9.11. The van der Waals surface area contributed by atoms with Crippen molar-refractivity contribution in [2.75, 3.05) is 0 Å². The number of halogens is 2. The van der Waals surface area contributed by atoms with E-state index in [1.54, 1.807) is 18.4 Å². The van der Waals surface area contributed by atoms with Crippen molar-refractivity contribution < 1.29 is 9.18 Å². The van der Waals surface area contributed by atoms with Crippen molar-refractivity contribution in [3.8, 4) is 0 Å². The van der Waals surface area contributed by atoms with Gasteiger partial charge < -0.3 is 0 Å². The minimum Gasteiger partial charge on any atom is -0.289 e. The Kier molecular flexibility index (Phi) is 3.21. The van der Waals surface area contributed by atoms with E-state index in [4.69, 9.17) is 0 Å².